The van der Waals surface area contributed by atoms with Gasteiger partial charge in [0.25, 0.3) is 0 Å². The molecular formula is C10H13N5. The van der Waals surface area contributed by atoms with E-state index in [0.29, 0.717) is 0 Å². The van der Waals surface area contributed by atoms with Crippen LogP contribution in [0, 0.1) is 0 Å². The largest absolute Gasteiger partial charge is 0.296 e. The minimum absolute atomic E-state index is 0.263. The molecule has 0 bridgehead atoms. The predicted molar refractivity (Wildman–Crippen MR) is 56.2 cm³/mol. The molecule has 5 heteroatoms. The number of pyridine rings is 1. The van der Waals surface area contributed by atoms with Crippen LogP contribution in [0.3, 0.4) is 0 Å². The Balaban J connectivity index is 2.02. The number of fused-ring (bicyclic) bond motifs is 1. The van der Waals surface area contributed by atoms with Crippen LogP contribution in [0.5, 0.6) is 0 Å². The van der Waals surface area contributed by atoms with Crippen molar-refractivity contribution in [3.05, 3.63) is 18.3 Å². The molecule has 1 atom stereocenters. The van der Waals surface area contributed by atoms with E-state index in [0.717, 1.165) is 24.1 Å². The summed E-state index contributed by atoms with van der Waals surface area (Å²) in [5.41, 5.74) is 1.74. The molecule has 3 heterocycles. The van der Waals surface area contributed by atoms with Crippen LogP contribution < -0.4 is 5.32 Å². The zero-order valence-corrected chi connectivity index (χ0v) is 8.43. The Morgan fingerprint density at radius 2 is 2.40 bits per heavy atom. The molecular weight excluding hydrogens is 190 g/mol. The van der Waals surface area contributed by atoms with Gasteiger partial charge in [0, 0.05) is 6.20 Å². The average Bonchev–Trinajstić information content (AvgIpc) is 2.74. The molecule has 78 valence electrons. The van der Waals surface area contributed by atoms with Crippen molar-refractivity contribution >= 4 is 11.2 Å². The maximum atomic E-state index is 4.31. The Bertz CT molecular complexity index is 458. The third-order valence-electron chi connectivity index (χ3n) is 2.81. The van der Waals surface area contributed by atoms with Gasteiger partial charge in [0.1, 0.15) is 11.7 Å². The lowest BCUT2D eigenvalue weighted by atomic mass is 10.1. The lowest BCUT2D eigenvalue weighted by molar-refractivity contribution is 0.299. The lowest BCUT2D eigenvalue weighted by Gasteiger charge is -2.23. The van der Waals surface area contributed by atoms with E-state index in [2.05, 4.69) is 20.6 Å². The summed E-state index contributed by atoms with van der Waals surface area (Å²) in [4.78, 5) is 4.31. The van der Waals surface area contributed by atoms with E-state index in [-0.39, 0.29) is 6.17 Å². The molecule has 1 unspecified atom stereocenters. The summed E-state index contributed by atoms with van der Waals surface area (Å²) >= 11 is 0. The highest BCUT2D eigenvalue weighted by molar-refractivity contribution is 5.68. The Kier molecular flexibility index (Phi) is 2.10. The maximum Gasteiger partial charge on any atom is 0.180 e. The quantitative estimate of drug-likeness (QED) is 0.754. The van der Waals surface area contributed by atoms with Crippen LogP contribution in [0.4, 0.5) is 0 Å². The maximum absolute atomic E-state index is 4.31. The van der Waals surface area contributed by atoms with Gasteiger partial charge in [-0.2, -0.15) is 0 Å². The second-order valence-electron chi connectivity index (χ2n) is 3.85. The number of rotatable bonds is 1. The van der Waals surface area contributed by atoms with Crippen molar-refractivity contribution in [2.75, 3.05) is 6.54 Å². The standard InChI is InChI=1S/C10H13N5/c1-2-6-11-9(5-1)15-10-8(13-14-15)4-3-7-12-10/h3-4,7,9,11H,1-2,5-6H2. The van der Waals surface area contributed by atoms with Crippen LogP contribution in [0.1, 0.15) is 25.4 Å². The Labute approximate surface area is 87.5 Å². The van der Waals surface area contributed by atoms with E-state index in [1.807, 2.05) is 16.8 Å². The summed E-state index contributed by atoms with van der Waals surface area (Å²) in [5.74, 6) is 0. The van der Waals surface area contributed by atoms with E-state index < -0.39 is 0 Å². The molecule has 15 heavy (non-hydrogen) atoms. The molecule has 1 fully saturated rings. The van der Waals surface area contributed by atoms with E-state index in [1.54, 1.807) is 6.20 Å². The smallest absolute Gasteiger partial charge is 0.180 e. The molecule has 1 N–H and O–H groups in total. The first-order valence-electron chi connectivity index (χ1n) is 5.34. The number of hydrogen-bond acceptors (Lipinski definition) is 4. The molecule has 5 nitrogen and oxygen atoms in total. The highest BCUT2D eigenvalue weighted by atomic mass is 15.5. The zero-order chi connectivity index (χ0) is 10.1. The number of hydrogen-bond donors (Lipinski definition) is 1. The van der Waals surface area contributed by atoms with Crippen molar-refractivity contribution in [1.82, 2.24) is 25.3 Å². The predicted octanol–water partition coefficient (Wildman–Crippen LogP) is 1.10. The van der Waals surface area contributed by atoms with Gasteiger partial charge in [-0.05, 0) is 37.9 Å². The molecule has 2 aromatic rings. The molecule has 0 radical (unpaired) electrons. The zero-order valence-electron chi connectivity index (χ0n) is 8.43. The van der Waals surface area contributed by atoms with Crippen LogP contribution in [-0.4, -0.2) is 26.5 Å². The molecule has 1 saturated heterocycles. The third-order valence-corrected chi connectivity index (χ3v) is 2.81. The minimum atomic E-state index is 0.263. The molecule has 0 amide bonds. The molecule has 0 aliphatic carbocycles. The van der Waals surface area contributed by atoms with Gasteiger partial charge in [-0.15, -0.1) is 5.10 Å². The second-order valence-corrected chi connectivity index (χ2v) is 3.85. The molecule has 0 spiro atoms. The Morgan fingerprint density at radius 3 is 3.27 bits per heavy atom. The van der Waals surface area contributed by atoms with Crippen LogP contribution in [0.2, 0.25) is 0 Å². The molecule has 0 saturated carbocycles. The first-order chi connectivity index (χ1) is 7.45. The van der Waals surface area contributed by atoms with Crippen LogP contribution in [0.15, 0.2) is 18.3 Å². The van der Waals surface area contributed by atoms with Crippen molar-refractivity contribution < 1.29 is 0 Å². The van der Waals surface area contributed by atoms with Gasteiger partial charge < -0.3 is 0 Å². The van der Waals surface area contributed by atoms with Gasteiger partial charge in [0.05, 0.1) is 0 Å². The fourth-order valence-electron chi connectivity index (χ4n) is 2.03. The number of aromatic nitrogens is 4. The molecule has 0 aromatic carbocycles. The second kappa shape index (κ2) is 3.58. The summed E-state index contributed by atoms with van der Waals surface area (Å²) in [7, 11) is 0. The highest BCUT2D eigenvalue weighted by Crippen LogP contribution is 2.19. The fourth-order valence-corrected chi connectivity index (χ4v) is 2.03. The van der Waals surface area contributed by atoms with Gasteiger partial charge in [0.2, 0.25) is 0 Å². The molecule has 3 rings (SSSR count). The van der Waals surface area contributed by atoms with E-state index >= 15 is 0 Å². The molecule has 1 aliphatic heterocycles. The van der Waals surface area contributed by atoms with Crippen molar-refractivity contribution in [2.24, 2.45) is 0 Å². The lowest BCUT2D eigenvalue weighted by Crippen LogP contribution is -2.32. The van der Waals surface area contributed by atoms with Crippen molar-refractivity contribution in [3.8, 4) is 0 Å². The fraction of sp³-hybridized carbons (Fsp3) is 0.500. The molecule has 1 aliphatic rings. The van der Waals surface area contributed by atoms with Crippen molar-refractivity contribution in [3.63, 3.8) is 0 Å². The van der Waals surface area contributed by atoms with Gasteiger partial charge in [-0.3, -0.25) is 5.32 Å². The van der Waals surface area contributed by atoms with Gasteiger partial charge in [-0.1, -0.05) is 5.21 Å². The van der Waals surface area contributed by atoms with Gasteiger partial charge in [-0.25, -0.2) is 9.67 Å². The van der Waals surface area contributed by atoms with E-state index in [9.17, 15) is 0 Å². The van der Waals surface area contributed by atoms with Crippen LogP contribution in [0.25, 0.3) is 11.2 Å². The Morgan fingerprint density at radius 1 is 1.40 bits per heavy atom. The summed E-state index contributed by atoms with van der Waals surface area (Å²) < 4.78 is 1.90. The average molecular weight is 203 g/mol. The topological polar surface area (TPSA) is 55.6 Å². The SMILES string of the molecule is c1cnc2c(c1)nnn2C1CCCCN1. The first kappa shape index (κ1) is 8.79. The third kappa shape index (κ3) is 1.48. The number of nitrogens with zero attached hydrogens (tertiary/aromatic N) is 4. The summed E-state index contributed by atoms with van der Waals surface area (Å²) in [6.45, 7) is 1.05. The first-order valence-corrected chi connectivity index (χ1v) is 5.34. The highest BCUT2D eigenvalue weighted by Gasteiger charge is 2.18. The number of piperidine rings is 1. The monoisotopic (exact) mass is 203 g/mol. The number of nitrogens with one attached hydrogen (secondary N) is 1. The minimum Gasteiger partial charge on any atom is -0.296 e. The summed E-state index contributed by atoms with van der Waals surface area (Å²) in [5, 5.41) is 11.7. The summed E-state index contributed by atoms with van der Waals surface area (Å²) in [6.07, 6.45) is 5.64. The Hall–Kier alpha value is -1.49. The molecule has 2 aromatic heterocycles. The van der Waals surface area contributed by atoms with Crippen molar-refractivity contribution in [2.45, 2.75) is 25.4 Å². The van der Waals surface area contributed by atoms with Gasteiger partial charge in [0.15, 0.2) is 5.65 Å². The van der Waals surface area contributed by atoms with E-state index in [4.69, 9.17) is 0 Å². The summed E-state index contributed by atoms with van der Waals surface area (Å²) in [6, 6.07) is 3.82. The van der Waals surface area contributed by atoms with Crippen LogP contribution in [-0.2, 0) is 0 Å². The van der Waals surface area contributed by atoms with E-state index in [1.165, 1.54) is 12.8 Å². The normalized spacial score (nSPS) is 22.0. The van der Waals surface area contributed by atoms with Gasteiger partial charge >= 0.3 is 0 Å². The van der Waals surface area contributed by atoms with Crippen molar-refractivity contribution in [1.29, 1.82) is 0 Å². The van der Waals surface area contributed by atoms with Crippen LogP contribution >= 0.6 is 0 Å².